The van der Waals surface area contributed by atoms with E-state index in [1.165, 1.54) is 0 Å². The summed E-state index contributed by atoms with van der Waals surface area (Å²) in [4.78, 5) is 4.53. The normalized spacial score (nSPS) is 20.5. The summed E-state index contributed by atoms with van der Waals surface area (Å²) >= 11 is 0. The molecule has 18 heavy (non-hydrogen) atoms. The van der Waals surface area contributed by atoms with Crippen LogP contribution >= 0.6 is 0 Å². The van der Waals surface area contributed by atoms with Crippen LogP contribution in [-0.2, 0) is 4.74 Å². The highest BCUT2D eigenvalue weighted by atomic mass is 16.5. The van der Waals surface area contributed by atoms with Crippen molar-refractivity contribution in [1.29, 1.82) is 0 Å². The molecule has 5 heteroatoms. The molecule has 1 saturated heterocycles. The Bertz CT molecular complexity index is 342. The minimum atomic E-state index is -0.0554. The zero-order valence-electron chi connectivity index (χ0n) is 11.3. The summed E-state index contributed by atoms with van der Waals surface area (Å²) in [6.45, 7) is 6.75. The van der Waals surface area contributed by atoms with Gasteiger partial charge in [0.25, 0.3) is 0 Å². The van der Waals surface area contributed by atoms with Crippen molar-refractivity contribution in [2.45, 2.75) is 51.6 Å². The number of hydrogen-bond acceptors (Lipinski definition) is 5. The van der Waals surface area contributed by atoms with Crippen molar-refractivity contribution in [3.63, 3.8) is 0 Å². The van der Waals surface area contributed by atoms with Crippen molar-refractivity contribution in [2.75, 3.05) is 19.7 Å². The summed E-state index contributed by atoms with van der Waals surface area (Å²) in [7, 11) is 0. The highest BCUT2D eigenvalue weighted by Gasteiger charge is 2.24. The maximum Gasteiger partial charge on any atom is 0.229 e. The summed E-state index contributed by atoms with van der Waals surface area (Å²) in [6, 6.07) is 0. The average molecular weight is 253 g/mol. The quantitative estimate of drug-likeness (QED) is 0.843. The zero-order chi connectivity index (χ0) is 12.8. The Morgan fingerprint density at radius 3 is 2.72 bits per heavy atom. The van der Waals surface area contributed by atoms with Crippen LogP contribution in [0.25, 0.3) is 0 Å². The largest absolute Gasteiger partial charge is 0.367 e. The van der Waals surface area contributed by atoms with Gasteiger partial charge in [0.1, 0.15) is 6.10 Å². The molecule has 1 fully saturated rings. The third kappa shape index (κ3) is 3.29. The van der Waals surface area contributed by atoms with Crippen LogP contribution in [0.3, 0.4) is 0 Å². The van der Waals surface area contributed by atoms with E-state index < -0.39 is 0 Å². The van der Waals surface area contributed by atoms with Crippen LogP contribution in [0, 0.1) is 0 Å². The second-order valence-corrected chi connectivity index (χ2v) is 4.83. The van der Waals surface area contributed by atoms with Gasteiger partial charge in [0.15, 0.2) is 0 Å². The molecular weight excluding hydrogens is 230 g/mol. The van der Waals surface area contributed by atoms with E-state index >= 15 is 0 Å². The molecule has 1 unspecified atom stereocenters. The first-order valence-electron chi connectivity index (χ1n) is 7.01. The molecule has 1 N–H and O–H groups in total. The fourth-order valence-corrected chi connectivity index (χ4v) is 2.36. The van der Waals surface area contributed by atoms with Gasteiger partial charge in [-0.3, -0.25) is 0 Å². The van der Waals surface area contributed by atoms with E-state index in [0.29, 0.717) is 18.3 Å². The third-order valence-corrected chi connectivity index (χ3v) is 3.30. The molecule has 1 aromatic heterocycles. The Balaban J connectivity index is 2.02. The van der Waals surface area contributed by atoms with Gasteiger partial charge >= 0.3 is 0 Å². The highest BCUT2D eigenvalue weighted by Crippen LogP contribution is 2.26. The van der Waals surface area contributed by atoms with Gasteiger partial charge in [0, 0.05) is 19.0 Å². The van der Waals surface area contributed by atoms with Gasteiger partial charge in [-0.05, 0) is 12.8 Å². The van der Waals surface area contributed by atoms with Crippen molar-refractivity contribution in [2.24, 2.45) is 0 Å². The first kappa shape index (κ1) is 13.5. The molecule has 0 saturated carbocycles. The van der Waals surface area contributed by atoms with Crippen molar-refractivity contribution in [3.05, 3.63) is 11.7 Å². The second-order valence-electron chi connectivity index (χ2n) is 4.83. The van der Waals surface area contributed by atoms with E-state index in [1.807, 2.05) is 0 Å². The number of nitrogens with zero attached hydrogens (tertiary/aromatic N) is 2. The molecule has 0 amide bonds. The Hall–Kier alpha value is -0.940. The molecule has 102 valence electrons. The van der Waals surface area contributed by atoms with E-state index in [1.54, 1.807) is 0 Å². The van der Waals surface area contributed by atoms with Gasteiger partial charge < -0.3 is 14.6 Å². The number of nitrogens with one attached hydrogen (secondary N) is 1. The van der Waals surface area contributed by atoms with E-state index in [-0.39, 0.29) is 6.10 Å². The van der Waals surface area contributed by atoms with Crippen molar-refractivity contribution >= 4 is 0 Å². The predicted molar refractivity (Wildman–Crippen MR) is 68.4 cm³/mol. The Labute approximate surface area is 108 Å². The molecule has 1 aliphatic rings. The minimum absolute atomic E-state index is 0.0554. The van der Waals surface area contributed by atoms with E-state index in [9.17, 15) is 0 Å². The summed E-state index contributed by atoms with van der Waals surface area (Å²) in [5, 5.41) is 7.35. The van der Waals surface area contributed by atoms with Crippen LogP contribution in [0.2, 0.25) is 0 Å². The van der Waals surface area contributed by atoms with Crippen LogP contribution < -0.4 is 5.32 Å². The molecule has 0 radical (unpaired) electrons. The molecule has 0 bridgehead atoms. The summed E-state index contributed by atoms with van der Waals surface area (Å²) in [6.07, 6.45) is 4.45. The Morgan fingerprint density at radius 1 is 1.33 bits per heavy atom. The van der Waals surface area contributed by atoms with Crippen molar-refractivity contribution in [1.82, 2.24) is 15.5 Å². The number of aromatic nitrogens is 2. The molecule has 0 aliphatic carbocycles. The maximum absolute atomic E-state index is 5.63. The molecule has 1 aliphatic heterocycles. The van der Waals surface area contributed by atoms with E-state index in [0.717, 1.165) is 44.7 Å². The standard InChI is InChI=1S/C13H23N3O2/c1-3-5-10(6-4-2)13-15-12(16-18-13)11-9-14-7-8-17-11/h10-11,14H,3-9H2,1-2H3. The molecule has 2 rings (SSSR count). The topological polar surface area (TPSA) is 60.2 Å². The van der Waals surface area contributed by atoms with Crippen LogP contribution in [0.4, 0.5) is 0 Å². The molecule has 0 spiro atoms. The molecule has 1 atom stereocenters. The molecular formula is C13H23N3O2. The van der Waals surface area contributed by atoms with Gasteiger partial charge in [-0.25, -0.2) is 0 Å². The second kappa shape index (κ2) is 6.85. The molecule has 1 aromatic rings. The number of rotatable bonds is 6. The number of hydrogen-bond donors (Lipinski definition) is 1. The molecule has 5 nitrogen and oxygen atoms in total. The third-order valence-electron chi connectivity index (χ3n) is 3.30. The van der Waals surface area contributed by atoms with Crippen LogP contribution in [-0.4, -0.2) is 29.8 Å². The van der Waals surface area contributed by atoms with Gasteiger partial charge in [-0.15, -0.1) is 0 Å². The lowest BCUT2D eigenvalue weighted by Crippen LogP contribution is -2.33. The van der Waals surface area contributed by atoms with E-state index in [2.05, 4.69) is 29.3 Å². The van der Waals surface area contributed by atoms with Crippen LogP contribution in [0.5, 0.6) is 0 Å². The first-order valence-corrected chi connectivity index (χ1v) is 7.01. The minimum Gasteiger partial charge on any atom is -0.367 e. The molecule has 0 aromatic carbocycles. The van der Waals surface area contributed by atoms with Gasteiger partial charge in [-0.2, -0.15) is 4.98 Å². The number of morpholine rings is 1. The Kier molecular flexibility index (Phi) is 5.13. The molecule has 2 heterocycles. The highest BCUT2D eigenvalue weighted by molar-refractivity contribution is 4.98. The van der Waals surface area contributed by atoms with E-state index in [4.69, 9.17) is 9.26 Å². The van der Waals surface area contributed by atoms with Crippen molar-refractivity contribution in [3.8, 4) is 0 Å². The number of ether oxygens (including phenoxy) is 1. The Morgan fingerprint density at radius 2 is 2.11 bits per heavy atom. The average Bonchev–Trinajstić information content (AvgIpc) is 2.89. The van der Waals surface area contributed by atoms with Gasteiger partial charge in [0.05, 0.1) is 6.61 Å². The monoisotopic (exact) mass is 253 g/mol. The SMILES string of the molecule is CCCC(CCC)c1nc(C2CNCCO2)no1. The zero-order valence-corrected chi connectivity index (χ0v) is 11.3. The summed E-state index contributed by atoms with van der Waals surface area (Å²) in [5.41, 5.74) is 0. The van der Waals surface area contributed by atoms with Gasteiger partial charge in [0.2, 0.25) is 11.7 Å². The fourth-order valence-electron chi connectivity index (χ4n) is 2.36. The van der Waals surface area contributed by atoms with Crippen LogP contribution in [0.1, 0.15) is 63.3 Å². The maximum atomic E-state index is 5.63. The lowest BCUT2D eigenvalue weighted by Gasteiger charge is -2.20. The van der Waals surface area contributed by atoms with Gasteiger partial charge in [-0.1, -0.05) is 31.8 Å². The van der Waals surface area contributed by atoms with Crippen LogP contribution in [0.15, 0.2) is 4.52 Å². The first-order chi connectivity index (χ1) is 8.85. The summed E-state index contributed by atoms with van der Waals surface area (Å²) in [5.74, 6) is 1.87. The predicted octanol–water partition coefficient (Wildman–Crippen LogP) is 2.41. The van der Waals surface area contributed by atoms with Crippen molar-refractivity contribution < 1.29 is 9.26 Å². The fraction of sp³-hybridized carbons (Fsp3) is 0.846. The summed E-state index contributed by atoms with van der Waals surface area (Å²) < 4.78 is 11.0. The lowest BCUT2D eigenvalue weighted by atomic mass is 9.98. The smallest absolute Gasteiger partial charge is 0.229 e. The lowest BCUT2D eigenvalue weighted by molar-refractivity contribution is 0.0208.